The number of fused-ring (bicyclic) bond motifs is 1. The predicted molar refractivity (Wildman–Crippen MR) is 161 cm³/mol. The number of benzene rings is 1. The van der Waals surface area contributed by atoms with Crippen molar-refractivity contribution < 1.29 is 19.1 Å². The Kier molecular flexibility index (Phi) is 9.09. The van der Waals surface area contributed by atoms with E-state index >= 15 is 0 Å². The van der Waals surface area contributed by atoms with Crippen molar-refractivity contribution in [2.24, 2.45) is 0 Å². The van der Waals surface area contributed by atoms with E-state index in [2.05, 4.69) is 21.5 Å². The highest BCUT2D eigenvalue weighted by Gasteiger charge is 2.30. The molecule has 1 N–H and O–H groups in total. The minimum atomic E-state index is -0.788. The number of ether oxygens (including phenoxy) is 2. The lowest BCUT2D eigenvalue weighted by atomic mass is 10.1. The van der Waals surface area contributed by atoms with E-state index < -0.39 is 17.3 Å². The third kappa shape index (κ3) is 7.95. The summed E-state index contributed by atoms with van der Waals surface area (Å²) in [5, 5.41) is 18.3. The number of amides is 2. The van der Waals surface area contributed by atoms with Gasteiger partial charge in [0.2, 0.25) is 0 Å². The number of nitrogens with one attached hydrogen (secondary N) is 1. The molecule has 11 nitrogen and oxygen atoms in total. The lowest BCUT2D eigenvalue weighted by Gasteiger charge is -2.34. The molecule has 0 saturated carbocycles. The number of piperidine rings is 1. The van der Waals surface area contributed by atoms with Gasteiger partial charge in [-0.2, -0.15) is 14.9 Å². The Morgan fingerprint density at radius 1 is 1.10 bits per heavy atom. The molecule has 1 aromatic carbocycles. The molecule has 2 aromatic heterocycles. The number of carbonyl (C=O) groups excluding carboxylic acids is 2. The van der Waals surface area contributed by atoms with Crippen LogP contribution in [0.2, 0.25) is 10.0 Å². The molecule has 42 heavy (non-hydrogen) atoms. The summed E-state index contributed by atoms with van der Waals surface area (Å²) in [7, 11) is 0. The number of rotatable bonds is 5. The van der Waals surface area contributed by atoms with Crippen LogP contribution in [0.4, 0.5) is 21.2 Å². The van der Waals surface area contributed by atoms with Gasteiger partial charge in [-0.15, -0.1) is 0 Å². The van der Waals surface area contributed by atoms with Crippen molar-refractivity contribution in [2.45, 2.75) is 78.2 Å². The number of carbonyl (C=O) groups is 2. The molecule has 1 fully saturated rings. The standard InChI is InChI=1S/C29H35Cl2N7O4/c1-28(2,3)41-26(39)36-9-7-8-22(17-36)34-23-13-24(38-25(35-23)19(14-32)15-33-38)37(27(40)42-29(4,5)6)16-18-10-20(30)12-21(31)11-18/h10-13,15,22H,7-9,16-17H2,1-6H3,(H,34,35)/t22-/m0/s1. The van der Waals surface area contributed by atoms with Crippen molar-refractivity contribution in [3.05, 3.63) is 51.6 Å². The number of halogens is 2. The number of nitrogens with zero attached hydrogens (tertiary/aromatic N) is 6. The number of hydrogen-bond donors (Lipinski definition) is 1. The molecule has 0 aliphatic carbocycles. The van der Waals surface area contributed by atoms with E-state index in [0.29, 0.717) is 40.3 Å². The smallest absolute Gasteiger partial charge is 0.416 e. The highest BCUT2D eigenvalue weighted by molar-refractivity contribution is 6.34. The zero-order valence-electron chi connectivity index (χ0n) is 24.6. The second-order valence-corrected chi connectivity index (χ2v) is 13.0. The molecule has 0 unspecified atom stereocenters. The highest BCUT2D eigenvalue weighted by Crippen LogP contribution is 2.29. The molecule has 0 spiro atoms. The van der Waals surface area contributed by atoms with Crippen LogP contribution >= 0.6 is 23.2 Å². The van der Waals surface area contributed by atoms with Gasteiger partial charge in [-0.05, 0) is 78.1 Å². The molecule has 3 aromatic rings. The number of nitriles is 1. The minimum absolute atomic E-state index is 0.0470. The van der Waals surface area contributed by atoms with E-state index in [1.807, 2.05) is 20.8 Å². The van der Waals surface area contributed by atoms with E-state index in [4.69, 9.17) is 32.7 Å². The summed E-state index contributed by atoms with van der Waals surface area (Å²) < 4.78 is 12.7. The van der Waals surface area contributed by atoms with Crippen molar-refractivity contribution >= 4 is 52.7 Å². The van der Waals surface area contributed by atoms with Crippen LogP contribution < -0.4 is 10.2 Å². The highest BCUT2D eigenvalue weighted by atomic mass is 35.5. The van der Waals surface area contributed by atoms with Crippen molar-refractivity contribution in [2.75, 3.05) is 23.3 Å². The lowest BCUT2D eigenvalue weighted by Crippen LogP contribution is -2.47. The van der Waals surface area contributed by atoms with Crippen LogP contribution in [0.15, 0.2) is 30.5 Å². The van der Waals surface area contributed by atoms with Crippen molar-refractivity contribution in [3.8, 4) is 6.07 Å². The molecule has 2 amide bonds. The molecule has 1 saturated heterocycles. The quantitative estimate of drug-likeness (QED) is 0.337. The van der Waals surface area contributed by atoms with Gasteiger partial charge in [-0.1, -0.05) is 23.2 Å². The van der Waals surface area contributed by atoms with Crippen LogP contribution in [-0.4, -0.2) is 62.0 Å². The zero-order valence-corrected chi connectivity index (χ0v) is 26.1. The molecule has 4 rings (SSSR count). The van der Waals surface area contributed by atoms with E-state index in [1.54, 1.807) is 49.9 Å². The van der Waals surface area contributed by atoms with Crippen molar-refractivity contribution in [1.29, 1.82) is 5.26 Å². The summed E-state index contributed by atoms with van der Waals surface area (Å²) in [5.41, 5.74) is -0.244. The largest absolute Gasteiger partial charge is 0.444 e. The van der Waals surface area contributed by atoms with Gasteiger partial charge in [0, 0.05) is 35.2 Å². The van der Waals surface area contributed by atoms with Crippen LogP contribution in [0.5, 0.6) is 0 Å². The fourth-order valence-electron chi connectivity index (χ4n) is 4.53. The molecule has 13 heteroatoms. The fraction of sp³-hybridized carbons (Fsp3) is 0.483. The Morgan fingerprint density at radius 3 is 2.38 bits per heavy atom. The van der Waals surface area contributed by atoms with Gasteiger partial charge >= 0.3 is 12.2 Å². The Labute approximate surface area is 255 Å². The second-order valence-electron chi connectivity index (χ2n) is 12.2. The third-order valence-electron chi connectivity index (χ3n) is 6.15. The zero-order chi connectivity index (χ0) is 30.8. The van der Waals surface area contributed by atoms with Crippen molar-refractivity contribution in [1.82, 2.24) is 19.5 Å². The first-order valence-electron chi connectivity index (χ1n) is 13.6. The van der Waals surface area contributed by atoms with Crippen LogP contribution in [0, 0.1) is 11.3 Å². The van der Waals surface area contributed by atoms with E-state index in [0.717, 1.165) is 12.8 Å². The molecule has 0 radical (unpaired) electrons. The average Bonchev–Trinajstić information content (AvgIpc) is 3.27. The Morgan fingerprint density at radius 2 is 1.76 bits per heavy atom. The normalized spacial score (nSPS) is 15.7. The van der Waals surface area contributed by atoms with Crippen LogP contribution in [0.25, 0.3) is 5.65 Å². The monoisotopic (exact) mass is 615 g/mol. The maximum absolute atomic E-state index is 13.6. The average molecular weight is 617 g/mol. The topological polar surface area (TPSA) is 125 Å². The van der Waals surface area contributed by atoms with Gasteiger partial charge in [0.05, 0.1) is 12.7 Å². The van der Waals surface area contributed by atoms with Crippen LogP contribution in [-0.2, 0) is 16.0 Å². The maximum atomic E-state index is 13.6. The van der Waals surface area contributed by atoms with Gasteiger partial charge in [0.25, 0.3) is 0 Å². The molecule has 1 aliphatic rings. The third-order valence-corrected chi connectivity index (χ3v) is 6.59. The summed E-state index contributed by atoms with van der Waals surface area (Å²) >= 11 is 12.5. The fourth-order valence-corrected chi connectivity index (χ4v) is 5.10. The molecular formula is C29H35Cl2N7O4. The molecule has 0 bridgehead atoms. The van der Waals surface area contributed by atoms with Gasteiger partial charge in [-0.25, -0.2) is 14.6 Å². The molecule has 1 atom stereocenters. The number of likely N-dealkylation sites (tertiary alicyclic amines) is 1. The minimum Gasteiger partial charge on any atom is -0.444 e. The van der Waals surface area contributed by atoms with E-state index in [1.165, 1.54) is 15.6 Å². The lowest BCUT2D eigenvalue weighted by molar-refractivity contribution is 0.0206. The van der Waals surface area contributed by atoms with Gasteiger partial charge in [0.1, 0.15) is 34.5 Å². The Balaban J connectivity index is 1.73. The first-order valence-corrected chi connectivity index (χ1v) is 14.4. The number of hydrogen-bond acceptors (Lipinski definition) is 8. The van der Waals surface area contributed by atoms with E-state index in [9.17, 15) is 14.9 Å². The Hall–Kier alpha value is -3.75. The first kappa shape index (κ1) is 31.2. The summed E-state index contributed by atoms with van der Waals surface area (Å²) in [4.78, 5) is 34.1. The second kappa shape index (κ2) is 12.2. The van der Waals surface area contributed by atoms with E-state index in [-0.39, 0.29) is 29.9 Å². The first-order chi connectivity index (χ1) is 19.6. The summed E-state index contributed by atoms with van der Waals surface area (Å²) in [6.07, 6.45) is 1.92. The van der Waals surface area contributed by atoms with Crippen LogP contribution in [0.1, 0.15) is 65.5 Å². The summed E-state index contributed by atoms with van der Waals surface area (Å²) in [6.45, 7) is 11.8. The Bertz CT molecular complexity index is 1500. The van der Waals surface area contributed by atoms with Gasteiger partial charge in [0.15, 0.2) is 5.65 Å². The molecule has 1 aliphatic heterocycles. The summed E-state index contributed by atoms with van der Waals surface area (Å²) in [5.74, 6) is 0.720. The summed E-state index contributed by atoms with van der Waals surface area (Å²) in [6, 6.07) is 8.65. The molecular weight excluding hydrogens is 581 g/mol. The van der Waals surface area contributed by atoms with Gasteiger partial charge in [-0.3, -0.25) is 4.90 Å². The molecule has 224 valence electrons. The van der Waals surface area contributed by atoms with Gasteiger partial charge < -0.3 is 19.7 Å². The van der Waals surface area contributed by atoms with Crippen LogP contribution in [0.3, 0.4) is 0 Å². The number of anilines is 2. The van der Waals surface area contributed by atoms with Crippen molar-refractivity contribution in [3.63, 3.8) is 0 Å². The SMILES string of the molecule is CC(C)(C)OC(=O)N1CCC[C@H](Nc2cc(N(Cc3cc(Cl)cc(Cl)c3)C(=O)OC(C)(C)C)n3ncc(C#N)c3n2)C1. The molecule has 3 heterocycles. The number of aromatic nitrogens is 3. The maximum Gasteiger partial charge on any atom is 0.416 e. The predicted octanol–water partition coefficient (Wildman–Crippen LogP) is 6.66.